The zero-order valence-corrected chi connectivity index (χ0v) is 10.9. The van der Waals surface area contributed by atoms with Crippen LogP contribution in [0.15, 0.2) is 48.9 Å². The van der Waals surface area contributed by atoms with Gasteiger partial charge in [0.2, 0.25) is 0 Å². The number of anilines is 1. The molecule has 0 aliphatic heterocycles. The van der Waals surface area contributed by atoms with E-state index in [2.05, 4.69) is 28.3 Å². The first kappa shape index (κ1) is 11.7. The Hall–Kier alpha value is -2.36. The van der Waals surface area contributed by atoms with Crippen LogP contribution in [0.5, 0.6) is 0 Å². The van der Waals surface area contributed by atoms with Gasteiger partial charge in [0.25, 0.3) is 0 Å². The molecular weight excluding hydrogens is 236 g/mol. The number of fused-ring (bicyclic) bond motifs is 1. The molecule has 3 aromatic heterocycles. The van der Waals surface area contributed by atoms with Gasteiger partial charge in [0.15, 0.2) is 0 Å². The maximum Gasteiger partial charge on any atom is 0.138 e. The van der Waals surface area contributed by atoms with Gasteiger partial charge in [-0.2, -0.15) is 0 Å². The molecule has 3 aromatic rings. The van der Waals surface area contributed by atoms with Crippen molar-refractivity contribution in [3.05, 3.63) is 60.2 Å². The molecular formula is C15H16N4. The Labute approximate surface area is 112 Å². The Morgan fingerprint density at radius 2 is 2.05 bits per heavy atom. The van der Waals surface area contributed by atoms with E-state index in [-0.39, 0.29) is 0 Å². The van der Waals surface area contributed by atoms with Crippen molar-refractivity contribution in [1.82, 2.24) is 14.4 Å². The van der Waals surface area contributed by atoms with Crippen LogP contribution in [0.25, 0.3) is 5.65 Å². The summed E-state index contributed by atoms with van der Waals surface area (Å²) in [6.45, 7) is 2.87. The summed E-state index contributed by atoms with van der Waals surface area (Å²) in [7, 11) is 0. The van der Waals surface area contributed by atoms with E-state index >= 15 is 0 Å². The molecule has 0 atom stereocenters. The number of hydrogen-bond acceptors (Lipinski definition) is 3. The fraction of sp³-hybridized carbons (Fsp3) is 0.200. The first-order valence-electron chi connectivity index (χ1n) is 6.47. The molecule has 4 heteroatoms. The van der Waals surface area contributed by atoms with Gasteiger partial charge in [-0.15, -0.1) is 0 Å². The number of nitrogens with one attached hydrogen (secondary N) is 1. The highest BCUT2D eigenvalue weighted by atomic mass is 15.1. The van der Waals surface area contributed by atoms with E-state index < -0.39 is 0 Å². The zero-order valence-electron chi connectivity index (χ0n) is 10.9. The molecule has 0 spiro atoms. The molecule has 0 aromatic carbocycles. The molecule has 0 aliphatic carbocycles. The first-order chi connectivity index (χ1) is 9.38. The Bertz CT molecular complexity index is 687. The maximum absolute atomic E-state index is 4.44. The summed E-state index contributed by atoms with van der Waals surface area (Å²) < 4.78 is 2.04. The van der Waals surface area contributed by atoms with Crippen molar-refractivity contribution in [2.45, 2.75) is 19.9 Å². The van der Waals surface area contributed by atoms with Gasteiger partial charge in [-0.05, 0) is 30.2 Å². The quantitative estimate of drug-likeness (QED) is 0.776. The number of aryl methyl sites for hydroxylation is 1. The third-order valence-electron chi connectivity index (χ3n) is 3.23. The smallest absolute Gasteiger partial charge is 0.138 e. The lowest BCUT2D eigenvalue weighted by Crippen LogP contribution is -2.07. The standard InChI is InChI=1S/C15H16N4/c1-2-12-5-4-8-16-13(12)11-18-15-7-3-6-14-17-9-10-19(14)15/h3-10,18H,2,11H2,1H3. The Balaban J connectivity index is 1.84. The van der Waals surface area contributed by atoms with E-state index in [1.807, 2.05) is 41.1 Å². The first-order valence-corrected chi connectivity index (χ1v) is 6.47. The highest BCUT2D eigenvalue weighted by Gasteiger charge is 2.03. The highest BCUT2D eigenvalue weighted by molar-refractivity contribution is 5.50. The molecule has 3 heterocycles. The number of rotatable bonds is 4. The Morgan fingerprint density at radius 3 is 2.95 bits per heavy atom. The lowest BCUT2D eigenvalue weighted by molar-refractivity contribution is 0.958. The van der Waals surface area contributed by atoms with E-state index in [0.717, 1.165) is 30.1 Å². The van der Waals surface area contributed by atoms with Gasteiger partial charge in [-0.25, -0.2) is 4.98 Å². The summed E-state index contributed by atoms with van der Waals surface area (Å²) in [6, 6.07) is 10.2. The molecule has 0 saturated carbocycles. The molecule has 0 aliphatic rings. The minimum Gasteiger partial charge on any atom is -0.365 e. The Morgan fingerprint density at radius 1 is 1.11 bits per heavy atom. The molecule has 3 rings (SSSR count). The number of nitrogens with zero attached hydrogens (tertiary/aromatic N) is 3. The second-order valence-corrected chi connectivity index (χ2v) is 4.38. The maximum atomic E-state index is 4.44. The molecule has 0 saturated heterocycles. The third-order valence-corrected chi connectivity index (χ3v) is 3.23. The van der Waals surface area contributed by atoms with Crippen molar-refractivity contribution in [1.29, 1.82) is 0 Å². The third kappa shape index (κ3) is 2.29. The zero-order chi connectivity index (χ0) is 13.1. The van der Waals surface area contributed by atoms with Crippen LogP contribution in [0.1, 0.15) is 18.2 Å². The molecule has 96 valence electrons. The summed E-state index contributed by atoms with van der Waals surface area (Å²) in [5.41, 5.74) is 3.33. The van der Waals surface area contributed by atoms with Crippen LogP contribution in [0, 0.1) is 0 Å². The summed E-state index contributed by atoms with van der Waals surface area (Å²) >= 11 is 0. The molecule has 4 nitrogen and oxygen atoms in total. The van der Waals surface area contributed by atoms with Crippen LogP contribution in [-0.2, 0) is 13.0 Å². The van der Waals surface area contributed by atoms with E-state index in [1.54, 1.807) is 6.20 Å². The van der Waals surface area contributed by atoms with Gasteiger partial charge in [0.1, 0.15) is 11.5 Å². The number of hydrogen-bond donors (Lipinski definition) is 1. The van der Waals surface area contributed by atoms with E-state index in [0.29, 0.717) is 0 Å². The summed E-state index contributed by atoms with van der Waals surface area (Å²) in [6.07, 6.45) is 6.60. The van der Waals surface area contributed by atoms with Crippen molar-refractivity contribution >= 4 is 11.5 Å². The second kappa shape index (κ2) is 5.10. The van der Waals surface area contributed by atoms with Crippen molar-refractivity contribution in [3.8, 4) is 0 Å². The van der Waals surface area contributed by atoms with Crippen LogP contribution >= 0.6 is 0 Å². The Kier molecular flexibility index (Phi) is 3.14. The molecule has 1 N–H and O–H groups in total. The van der Waals surface area contributed by atoms with Gasteiger partial charge in [0.05, 0.1) is 12.2 Å². The highest BCUT2D eigenvalue weighted by Crippen LogP contribution is 2.13. The van der Waals surface area contributed by atoms with Gasteiger partial charge in [0, 0.05) is 18.6 Å². The predicted octanol–water partition coefficient (Wildman–Crippen LogP) is 2.90. The fourth-order valence-corrected chi connectivity index (χ4v) is 2.22. The molecule has 19 heavy (non-hydrogen) atoms. The fourth-order valence-electron chi connectivity index (χ4n) is 2.22. The SMILES string of the molecule is CCc1cccnc1CNc1cccc2nccn12. The topological polar surface area (TPSA) is 42.2 Å². The van der Waals surface area contributed by atoms with Crippen molar-refractivity contribution in [2.75, 3.05) is 5.32 Å². The lowest BCUT2D eigenvalue weighted by atomic mass is 10.1. The van der Waals surface area contributed by atoms with Gasteiger partial charge in [-0.3, -0.25) is 9.38 Å². The average molecular weight is 252 g/mol. The second-order valence-electron chi connectivity index (χ2n) is 4.38. The van der Waals surface area contributed by atoms with Crippen LogP contribution in [0.4, 0.5) is 5.82 Å². The normalized spacial score (nSPS) is 10.8. The van der Waals surface area contributed by atoms with Crippen molar-refractivity contribution in [3.63, 3.8) is 0 Å². The molecule has 0 radical (unpaired) electrons. The predicted molar refractivity (Wildman–Crippen MR) is 76.1 cm³/mol. The van der Waals surface area contributed by atoms with E-state index in [1.165, 1.54) is 5.56 Å². The van der Waals surface area contributed by atoms with Crippen LogP contribution in [0.2, 0.25) is 0 Å². The summed E-state index contributed by atoms with van der Waals surface area (Å²) in [4.78, 5) is 8.72. The lowest BCUT2D eigenvalue weighted by Gasteiger charge is -2.10. The van der Waals surface area contributed by atoms with Crippen molar-refractivity contribution in [2.24, 2.45) is 0 Å². The van der Waals surface area contributed by atoms with E-state index in [9.17, 15) is 0 Å². The van der Waals surface area contributed by atoms with Gasteiger partial charge >= 0.3 is 0 Å². The molecule has 0 bridgehead atoms. The number of aromatic nitrogens is 3. The molecule has 0 unspecified atom stereocenters. The minimum atomic E-state index is 0.724. The largest absolute Gasteiger partial charge is 0.365 e. The van der Waals surface area contributed by atoms with Gasteiger partial charge < -0.3 is 5.32 Å². The molecule has 0 fully saturated rings. The summed E-state index contributed by atoms with van der Waals surface area (Å²) in [5.74, 6) is 1.03. The van der Waals surface area contributed by atoms with Crippen LogP contribution < -0.4 is 5.32 Å². The summed E-state index contributed by atoms with van der Waals surface area (Å²) in [5, 5.41) is 3.43. The monoisotopic (exact) mass is 252 g/mol. The van der Waals surface area contributed by atoms with Crippen molar-refractivity contribution < 1.29 is 0 Å². The number of pyridine rings is 2. The molecule has 0 amide bonds. The van der Waals surface area contributed by atoms with Crippen LogP contribution in [-0.4, -0.2) is 14.4 Å². The van der Waals surface area contributed by atoms with E-state index in [4.69, 9.17) is 0 Å². The van der Waals surface area contributed by atoms with Crippen LogP contribution in [0.3, 0.4) is 0 Å². The number of imidazole rings is 1. The minimum absolute atomic E-state index is 0.724. The average Bonchev–Trinajstić information content (AvgIpc) is 2.94. The van der Waals surface area contributed by atoms with Gasteiger partial charge in [-0.1, -0.05) is 19.1 Å².